The summed E-state index contributed by atoms with van der Waals surface area (Å²) in [7, 11) is 0. The molecule has 1 aromatic carbocycles. The lowest BCUT2D eigenvalue weighted by Crippen LogP contribution is -2.07. The highest BCUT2D eigenvalue weighted by Crippen LogP contribution is 2.12. The van der Waals surface area contributed by atoms with Crippen LogP contribution >= 0.6 is 0 Å². The summed E-state index contributed by atoms with van der Waals surface area (Å²) in [6.07, 6.45) is 3.18. The molecule has 1 amide bonds. The van der Waals surface area contributed by atoms with Crippen molar-refractivity contribution in [2.24, 2.45) is 0 Å². The number of anilines is 1. The SMILES string of the molecule is CC.CC.CC(=O)Nc1cnccc1C#Cc1ccc(C#N)cc1. The molecule has 0 unspecified atom stereocenters. The van der Waals surface area contributed by atoms with Crippen LogP contribution in [-0.2, 0) is 4.79 Å². The summed E-state index contributed by atoms with van der Waals surface area (Å²) < 4.78 is 0. The summed E-state index contributed by atoms with van der Waals surface area (Å²) in [5.41, 5.74) is 2.67. The van der Waals surface area contributed by atoms with Crippen molar-refractivity contribution in [3.63, 3.8) is 0 Å². The molecule has 1 heterocycles. The Kier molecular flexibility index (Phi) is 10.8. The second-order valence-corrected chi connectivity index (χ2v) is 4.04. The van der Waals surface area contributed by atoms with Gasteiger partial charge in [-0.1, -0.05) is 39.5 Å². The van der Waals surface area contributed by atoms with Gasteiger partial charge in [-0.3, -0.25) is 9.78 Å². The van der Waals surface area contributed by atoms with E-state index in [0.29, 0.717) is 16.8 Å². The molecule has 0 radical (unpaired) electrons. The van der Waals surface area contributed by atoms with E-state index in [0.717, 1.165) is 5.56 Å². The van der Waals surface area contributed by atoms with Gasteiger partial charge in [-0.05, 0) is 30.3 Å². The normalized spacial score (nSPS) is 8.00. The van der Waals surface area contributed by atoms with Gasteiger partial charge in [0.15, 0.2) is 0 Å². The van der Waals surface area contributed by atoms with Crippen LogP contribution in [0, 0.1) is 23.2 Å². The molecule has 1 aromatic heterocycles. The van der Waals surface area contributed by atoms with Crippen LogP contribution in [0.4, 0.5) is 5.69 Å². The Bertz CT molecular complexity index is 732. The molecule has 0 atom stereocenters. The summed E-state index contributed by atoms with van der Waals surface area (Å²) in [6.45, 7) is 9.44. The highest BCUT2D eigenvalue weighted by atomic mass is 16.1. The van der Waals surface area contributed by atoms with Crippen molar-refractivity contribution in [1.29, 1.82) is 5.26 Å². The van der Waals surface area contributed by atoms with Gasteiger partial charge in [-0.2, -0.15) is 5.26 Å². The number of benzene rings is 1. The number of rotatable bonds is 1. The van der Waals surface area contributed by atoms with E-state index in [2.05, 4.69) is 28.2 Å². The van der Waals surface area contributed by atoms with E-state index in [1.54, 1.807) is 42.7 Å². The molecule has 0 fully saturated rings. The van der Waals surface area contributed by atoms with E-state index in [-0.39, 0.29) is 5.91 Å². The van der Waals surface area contributed by atoms with E-state index in [1.807, 2.05) is 27.7 Å². The Morgan fingerprint density at radius 1 is 1.00 bits per heavy atom. The van der Waals surface area contributed by atoms with Crippen LogP contribution in [0.3, 0.4) is 0 Å². The molecule has 0 spiro atoms. The molecule has 2 rings (SSSR count). The van der Waals surface area contributed by atoms with Crippen molar-refractivity contribution in [2.75, 3.05) is 5.32 Å². The fourth-order valence-corrected chi connectivity index (χ4v) is 1.56. The highest BCUT2D eigenvalue weighted by Gasteiger charge is 2.00. The number of hydrogen-bond acceptors (Lipinski definition) is 3. The maximum absolute atomic E-state index is 11.1. The molecule has 2 aromatic rings. The number of pyridine rings is 1. The Morgan fingerprint density at radius 2 is 1.58 bits per heavy atom. The van der Waals surface area contributed by atoms with E-state index >= 15 is 0 Å². The maximum Gasteiger partial charge on any atom is 0.221 e. The van der Waals surface area contributed by atoms with E-state index in [4.69, 9.17) is 5.26 Å². The molecular formula is C20H23N3O. The van der Waals surface area contributed by atoms with Crippen LogP contribution in [0.15, 0.2) is 42.7 Å². The van der Waals surface area contributed by atoms with Crippen molar-refractivity contribution in [2.45, 2.75) is 34.6 Å². The number of carbonyl (C=O) groups is 1. The Balaban J connectivity index is 0.00000123. The molecule has 0 saturated carbocycles. The average Bonchev–Trinajstić information content (AvgIpc) is 2.64. The number of aromatic nitrogens is 1. The van der Waals surface area contributed by atoms with Gasteiger partial charge >= 0.3 is 0 Å². The summed E-state index contributed by atoms with van der Waals surface area (Å²) >= 11 is 0. The quantitative estimate of drug-likeness (QED) is 0.793. The van der Waals surface area contributed by atoms with Gasteiger partial charge in [0, 0.05) is 18.7 Å². The minimum Gasteiger partial charge on any atom is -0.324 e. The molecule has 24 heavy (non-hydrogen) atoms. The third kappa shape index (κ3) is 7.24. The number of hydrogen-bond donors (Lipinski definition) is 1. The van der Waals surface area contributed by atoms with E-state index in [1.165, 1.54) is 6.92 Å². The molecule has 0 aliphatic carbocycles. The van der Waals surface area contributed by atoms with Crippen LogP contribution in [0.2, 0.25) is 0 Å². The monoisotopic (exact) mass is 321 g/mol. The van der Waals surface area contributed by atoms with E-state index in [9.17, 15) is 4.79 Å². The largest absolute Gasteiger partial charge is 0.324 e. The third-order valence-corrected chi connectivity index (χ3v) is 2.49. The van der Waals surface area contributed by atoms with Crippen LogP contribution in [0.25, 0.3) is 0 Å². The fraction of sp³-hybridized carbons (Fsp3) is 0.250. The molecular weight excluding hydrogens is 298 g/mol. The molecule has 1 N–H and O–H groups in total. The molecule has 4 heteroatoms. The first kappa shape index (κ1) is 20.9. The number of nitriles is 1. The summed E-state index contributed by atoms with van der Waals surface area (Å²) in [5, 5.41) is 11.4. The maximum atomic E-state index is 11.1. The lowest BCUT2D eigenvalue weighted by atomic mass is 10.1. The zero-order valence-corrected chi connectivity index (χ0v) is 14.8. The van der Waals surface area contributed by atoms with Gasteiger partial charge < -0.3 is 5.32 Å². The fourth-order valence-electron chi connectivity index (χ4n) is 1.56. The zero-order chi connectivity index (χ0) is 18.4. The van der Waals surface area contributed by atoms with Gasteiger partial charge in [-0.15, -0.1) is 0 Å². The minimum atomic E-state index is -0.167. The first-order valence-corrected chi connectivity index (χ1v) is 7.93. The topological polar surface area (TPSA) is 65.8 Å². The van der Waals surface area contributed by atoms with Crippen molar-refractivity contribution >= 4 is 11.6 Å². The van der Waals surface area contributed by atoms with Crippen molar-refractivity contribution in [1.82, 2.24) is 4.98 Å². The molecule has 4 nitrogen and oxygen atoms in total. The summed E-state index contributed by atoms with van der Waals surface area (Å²) in [6, 6.07) is 10.8. The second kappa shape index (κ2) is 12.4. The van der Waals surface area contributed by atoms with Crippen LogP contribution in [-0.4, -0.2) is 10.9 Å². The van der Waals surface area contributed by atoms with Gasteiger partial charge in [0.2, 0.25) is 5.91 Å². The number of amides is 1. The average molecular weight is 321 g/mol. The molecule has 0 aliphatic rings. The van der Waals surface area contributed by atoms with Gasteiger partial charge in [0.1, 0.15) is 0 Å². The lowest BCUT2D eigenvalue weighted by molar-refractivity contribution is -0.114. The third-order valence-electron chi connectivity index (χ3n) is 2.49. The van der Waals surface area contributed by atoms with Gasteiger partial charge in [0.25, 0.3) is 0 Å². The van der Waals surface area contributed by atoms with Crippen molar-refractivity contribution < 1.29 is 4.79 Å². The molecule has 124 valence electrons. The van der Waals surface area contributed by atoms with Crippen LogP contribution in [0.5, 0.6) is 0 Å². The number of nitrogens with one attached hydrogen (secondary N) is 1. The highest BCUT2D eigenvalue weighted by molar-refractivity contribution is 5.90. The Labute approximate surface area is 144 Å². The van der Waals surface area contributed by atoms with E-state index < -0.39 is 0 Å². The molecule has 0 aliphatic heterocycles. The minimum absolute atomic E-state index is 0.167. The number of nitrogens with zero attached hydrogens (tertiary/aromatic N) is 2. The predicted molar refractivity (Wildman–Crippen MR) is 98.4 cm³/mol. The van der Waals surface area contributed by atoms with Crippen molar-refractivity contribution in [3.8, 4) is 17.9 Å². The molecule has 0 saturated heterocycles. The second-order valence-electron chi connectivity index (χ2n) is 4.04. The zero-order valence-electron chi connectivity index (χ0n) is 14.8. The Hall–Kier alpha value is -3.11. The summed E-state index contributed by atoms with van der Waals surface area (Å²) in [4.78, 5) is 15.0. The standard InChI is InChI=1S/C16H11N3O.2C2H6/c1-12(20)19-16-11-18-9-8-15(16)7-6-13-2-4-14(10-17)5-3-13;2*1-2/h2-5,8-9,11H,1H3,(H,19,20);2*1-2H3. The van der Waals surface area contributed by atoms with Gasteiger partial charge in [0.05, 0.1) is 29.1 Å². The first-order valence-electron chi connectivity index (χ1n) is 7.93. The Morgan fingerprint density at radius 3 is 2.12 bits per heavy atom. The first-order chi connectivity index (χ1) is 11.7. The van der Waals surface area contributed by atoms with Crippen LogP contribution < -0.4 is 5.32 Å². The van der Waals surface area contributed by atoms with Gasteiger partial charge in [-0.25, -0.2) is 0 Å². The van der Waals surface area contributed by atoms with Crippen molar-refractivity contribution in [3.05, 3.63) is 59.4 Å². The molecule has 0 bridgehead atoms. The predicted octanol–water partition coefficient (Wildman–Crippen LogP) is 4.36. The van der Waals surface area contributed by atoms with Crippen LogP contribution in [0.1, 0.15) is 51.3 Å². The number of carbonyl (C=O) groups excluding carboxylic acids is 1. The lowest BCUT2D eigenvalue weighted by Gasteiger charge is -2.03. The summed E-state index contributed by atoms with van der Waals surface area (Å²) in [5.74, 6) is 5.80. The smallest absolute Gasteiger partial charge is 0.221 e.